The number of carbonyl (C=O) groups excluding carboxylic acids is 2. The van der Waals surface area contributed by atoms with Crippen LogP contribution in [0.15, 0.2) is 0 Å². The monoisotopic (exact) mass is 274 g/mol. The second-order valence-corrected chi connectivity index (χ2v) is 4.06. The number of carbonyl (C=O) groups is 4. The molecule has 108 valence electrons. The van der Waals surface area contributed by atoms with Crippen LogP contribution in [0.2, 0.25) is 0 Å². The molecule has 0 fully saturated rings. The number of nitrogens with two attached hydrogens (primary N) is 1. The highest BCUT2D eigenvalue weighted by atomic mass is 16.4. The van der Waals surface area contributed by atoms with Gasteiger partial charge in [0.15, 0.2) is 0 Å². The number of hydrogen-bond acceptors (Lipinski definition) is 6. The SMILES string of the molecule is N[C@H](CCN(CC(=O)O)CC(=O)O)C(=O)CCC=O. The van der Waals surface area contributed by atoms with E-state index in [9.17, 15) is 19.2 Å². The molecule has 8 nitrogen and oxygen atoms in total. The van der Waals surface area contributed by atoms with Crippen LogP contribution in [-0.4, -0.2) is 64.8 Å². The van der Waals surface area contributed by atoms with Crippen LogP contribution in [-0.2, 0) is 19.2 Å². The number of aldehydes is 1. The fourth-order valence-corrected chi connectivity index (χ4v) is 1.47. The van der Waals surface area contributed by atoms with Crippen molar-refractivity contribution < 1.29 is 29.4 Å². The van der Waals surface area contributed by atoms with Crippen molar-refractivity contribution in [1.82, 2.24) is 4.90 Å². The molecule has 0 spiro atoms. The smallest absolute Gasteiger partial charge is 0.317 e. The number of carboxylic acid groups (broad SMARTS) is 2. The maximum Gasteiger partial charge on any atom is 0.317 e. The van der Waals surface area contributed by atoms with Crippen molar-refractivity contribution in [1.29, 1.82) is 0 Å². The Kier molecular flexibility index (Phi) is 8.30. The van der Waals surface area contributed by atoms with E-state index in [4.69, 9.17) is 15.9 Å². The summed E-state index contributed by atoms with van der Waals surface area (Å²) in [5.74, 6) is -2.60. The summed E-state index contributed by atoms with van der Waals surface area (Å²) in [5, 5.41) is 17.2. The van der Waals surface area contributed by atoms with Gasteiger partial charge < -0.3 is 20.7 Å². The molecule has 0 aromatic heterocycles. The third-order valence-electron chi connectivity index (χ3n) is 2.40. The van der Waals surface area contributed by atoms with E-state index in [0.717, 1.165) is 0 Å². The van der Waals surface area contributed by atoms with E-state index in [-0.39, 0.29) is 31.6 Å². The van der Waals surface area contributed by atoms with Gasteiger partial charge in [-0.2, -0.15) is 0 Å². The number of carboxylic acids is 2. The molecule has 0 aliphatic rings. The summed E-state index contributed by atoms with van der Waals surface area (Å²) in [6.45, 7) is -0.768. The molecule has 0 rings (SSSR count). The minimum absolute atomic E-state index is 0.0442. The first-order valence-corrected chi connectivity index (χ1v) is 5.74. The molecule has 0 aromatic carbocycles. The van der Waals surface area contributed by atoms with Gasteiger partial charge in [0.2, 0.25) is 0 Å². The molecule has 1 atom stereocenters. The van der Waals surface area contributed by atoms with Crippen LogP contribution in [0.5, 0.6) is 0 Å². The fraction of sp³-hybridized carbons (Fsp3) is 0.636. The molecule has 0 radical (unpaired) electrons. The molecule has 0 saturated heterocycles. The summed E-state index contributed by atoms with van der Waals surface area (Å²) >= 11 is 0. The number of rotatable bonds is 11. The average molecular weight is 274 g/mol. The Morgan fingerprint density at radius 3 is 2.11 bits per heavy atom. The Morgan fingerprint density at radius 2 is 1.68 bits per heavy atom. The largest absolute Gasteiger partial charge is 0.480 e. The summed E-state index contributed by atoms with van der Waals surface area (Å²) in [7, 11) is 0. The lowest BCUT2D eigenvalue weighted by atomic mass is 10.1. The second kappa shape index (κ2) is 9.17. The van der Waals surface area contributed by atoms with Crippen molar-refractivity contribution in [3.05, 3.63) is 0 Å². The molecule has 0 saturated carbocycles. The molecule has 8 heteroatoms. The lowest BCUT2D eigenvalue weighted by Gasteiger charge is -2.19. The molecule has 19 heavy (non-hydrogen) atoms. The molecule has 0 bridgehead atoms. The highest BCUT2D eigenvalue weighted by molar-refractivity contribution is 5.85. The van der Waals surface area contributed by atoms with Crippen LogP contribution in [0.1, 0.15) is 19.3 Å². The zero-order valence-electron chi connectivity index (χ0n) is 10.4. The summed E-state index contributed by atoms with van der Waals surface area (Å²) < 4.78 is 0. The first-order chi connectivity index (χ1) is 8.86. The third kappa shape index (κ3) is 8.86. The van der Waals surface area contributed by atoms with Gasteiger partial charge in [0.1, 0.15) is 12.1 Å². The zero-order valence-corrected chi connectivity index (χ0v) is 10.4. The number of aliphatic carboxylic acids is 2. The van der Waals surface area contributed by atoms with Crippen LogP contribution in [0, 0.1) is 0 Å². The first kappa shape index (κ1) is 17.2. The van der Waals surface area contributed by atoms with Crippen molar-refractivity contribution in [2.45, 2.75) is 25.3 Å². The maximum absolute atomic E-state index is 11.4. The number of ketones is 1. The summed E-state index contributed by atoms with van der Waals surface area (Å²) in [6, 6.07) is -0.815. The number of nitrogens with zero attached hydrogens (tertiary/aromatic N) is 1. The van der Waals surface area contributed by atoms with E-state index >= 15 is 0 Å². The van der Waals surface area contributed by atoms with Crippen molar-refractivity contribution in [3.8, 4) is 0 Å². The molecular weight excluding hydrogens is 256 g/mol. The lowest BCUT2D eigenvalue weighted by molar-refractivity contribution is -0.141. The summed E-state index contributed by atoms with van der Waals surface area (Å²) in [5.41, 5.74) is 5.58. The molecule has 0 aliphatic heterocycles. The Labute approximate surface area is 110 Å². The molecular formula is C11H18N2O6. The molecule has 0 aromatic rings. The van der Waals surface area contributed by atoms with Gasteiger partial charge in [0, 0.05) is 19.4 Å². The summed E-state index contributed by atoms with van der Waals surface area (Å²) in [4.78, 5) is 43.8. The molecule has 0 heterocycles. The normalized spacial score (nSPS) is 12.1. The third-order valence-corrected chi connectivity index (χ3v) is 2.40. The van der Waals surface area contributed by atoms with E-state index in [2.05, 4.69) is 0 Å². The van der Waals surface area contributed by atoms with Crippen LogP contribution in [0.4, 0.5) is 0 Å². The van der Waals surface area contributed by atoms with Gasteiger partial charge >= 0.3 is 11.9 Å². The molecule has 0 unspecified atom stereocenters. The molecule has 4 N–H and O–H groups in total. The van der Waals surface area contributed by atoms with Crippen LogP contribution < -0.4 is 5.73 Å². The maximum atomic E-state index is 11.4. The van der Waals surface area contributed by atoms with E-state index < -0.39 is 31.1 Å². The topological polar surface area (TPSA) is 138 Å². The zero-order chi connectivity index (χ0) is 14.8. The highest BCUT2D eigenvalue weighted by Crippen LogP contribution is 2.00. The van der Waals surface area contributed by atoms with E-state index in [1.54, 1.807) is 0 Å². The van der Waals surface area contributed by atoms with Crippen molar-refractivity contribution >= 4 is 24.0 Å². The Bertz CT molecular complexity index is 328. The standard InChI is InChI=1S/C11H18N2O6/c12-8(9(15)2-1-5-14)3-4-13(6-10(16)17)7-11(18)19/h5,8H,1-4,6-7,12H2,(H,16,17)(H,18,19)/t8-/m1/s1. The summed E-state index contributed by atoms with van der Waals surface area (Å²) in [6.07, 6.45) is 0.910. The number of Topliss-reactive ketones (excluding diaryl/α,β-unsaturated/α-hetero) is 1. The Hall–Kier alpha value is -1.80. The van der Waals surface area contributed by atoms with Gasteiger partial charge in [-0.15, -0.1) is 0 Å². The van der Waals surface area contributed by atoms with Crippen molar-refractivity contribution in [2.24, 2.45) is 5.73 Å². The van der Waals surface area contributed by atoms with Gasteiger partial charge in [-0.3, -0.25) is 19.3 Å². The predicted molar refractivity (Wildman–Crippen MR) is 64.6 cm³/mol. The van der Waals surface area contributed by atoms with Gasteiger partial charge in [-0.05, 0) is 6.42 Å². The lowest BCUT2D eigenvalue weighted by Crippen LogP contribution is -2.39. The van der Waals surface area contributed by atoms with Gasteiger partial charge in [0.05, 0.1) is 19.1 Å². The molecule has 0 aliphatic carbocycles. The van der Waals surface area contributed by atoms with Gasteiger partial charge in [0.25, 0.3) is 0 Å². The average Bonchev–Trinajstić information content (AvgIpc) is 2.31. The van der Waals surface area contributed by atoms with Crippen molar-refractivity contribution in [3.63, 3.8) is 0 Å². The van der Waals surface area contributed by atoms with E-state index in [1.807, 2.05) is 0 Å². The molecule has 0 amide bonds. The fourth-order valence-electron chi connectivity index (χ4n) is 1.47. The van der Waals surface area contributed by atoms with Crippen LogP contribution >= 0.6 is 0 Å². The Morgan fingerprint density at radius 1 is 1.16 bits per heavy atom. The van der Waals surface area contributed by atoms with Crippen LogP contribution in [0.25, 0.3) is 0 Å². The first-order valence-electron chi connectivity index (χ1n) is 5.74. The van der Waals surface area contributed by atoms with Crippen LogP contribution in [0.3, 0.4) is 0 Å². The van der Waals surface area contributed by atoms with E-state index in [0.29, 0.717) is 6.29 Å². The van der Waals surface area contributed by atoms with E-state index in [1.165, 1.54) is 4.90 Å². The second-order valence-electron chi connectivity index (χ2n) is 4.06. The quantitative estimate of drug-likeness (QED) is 0.396. The Balaban J connectivity index is 4.21. The minimum atomic E-state index is -1.15. The van der Waals surface area contributed by atoms with Gasteiger partial charge in [-0.1, -0.05) is 0 Å². The highest BCUT2D eigenvalue weighted by Gasteiger charge is 2.17. The minimum Gasteiger partial charge on any atom is -0.480 e. The number of hydrogen-bond donors (Lipinski definition) is 3. The van der Waals surface area contributed by atoms with Gasteiger partial charge in [-0.25, -0.2) is 0 Å². The predicted octanol–water partition coefficient (Wildman–Crippen LogP) is -1.28. The van der Waals surface area contributed by atoms with Crippen molar-refractivity contribution in [2.75, 3.05) is 19.6 Å².